The average molecular weight is 424 g/mol. The highest BCUT2D eigenvalue weighted by atomic mass is 35.5. The van der Waals surface area contributed by atoms with Crippen LogP contribution in [0, 0.1) is 20.8 Å². The molecule has 28 heavy (non-hydrogen) atoms. The van der Waals surface area contributed by atoms with Crippen molar-refractivity contribution in [3.63, 3.8) is 0 Å². The molecule has 0 heterocycles. The van der Waals surface area contributed by atoms with Crippen LogP contribution in [0.3, 0.4) is 0 Å². The lowest BCUT2D eigenvalue weighted by Crippen LogP contribution is -2.26. The number of halogens is 1. The lowest BCUT2D eigenvalue weighted by atomic mass is 9.96. The molecule has 1 atom stereocenters. The number of ketones is 1. The molecule has 0 saturated carbocycles. The molecule has 2 aromatic rings. The summed E-state index contributed by atoms with van der Waals surface area (Å²) in [7, 11) is -2.50. The number of carbonyl (C=O) groups excluding carboxylic acids is 2. The van der Waals surface area contributed by atoms with Crippen LogP contribution < -0.4 is 4.72 Å². The topological polar surface area (TPSA) is 89.5 Å². The minimum Gasteiger partial charge on any atom is -0.451 e. The molecule has 0 aromatic heterocycles. The first-order valence-electron chi connectivity index (χ1n) is 8.54. The van der Waals surface area contributed by atoms with Crippen LogP contribution in [-0.4, -0.2) is 33.3 Å². The maximum absolute atomic E-state index is 12.7. The van der Waals surface area contributed by atoms with E-state index < -0.39 is 22.1 Å². The first kappa shape index (κ1) is 22.1. The largest absolute Gasteiger partial charge is 0.451 e. The third-order valence-electron chi connectivity index (χ3n) is 4.50. The van der Waals surface area contributed by atoms with Crippen LogP contribution in [-0.2, 0) is 14.8 Å². The molecule has 1 unspecified atom stereocenters. The fourth-order valence-corrected chi connectivity index (χ4v) is 3.62. The summed E-state index contributed by atoms with van der Waals surface area (Å²) >= 11 is 6.03. The summed E-state index contributed by atoms with van der Waals surface area (Å²) in [5.74, 6) is -1.22. The molecular formula is C20H22ClNO5S. The van der Waals surface area contributed by atoms with Gasteiger partial charge < -0.3 is 4.74 Å². The summed E-state index contributed by atoms with van der Waals surface area (Å²) in [6.45, 7) is 7.14. The molecule has 150 valence electrons. The van der Waals surface area contributed by atoms with E-state index in [4.69, 9.17) is 16.3 Å². The molecule has 0 aliphatic carbocycles. The van der Waals surface area contributed by atoms with Gasteiger partial charge in [-0.15, -0.1) is 0 Å². The molecule has 0 fully saturated rings. The van der Waals surface area contributed by atoms with Crippen molar-refractivity contribution in [3.05, 3.63) is 63.2 Å². The van der Waals surface area contributed by atoms with E-state index >= 15 is 0 Å². The van der Waals surface area contributed by atoms with E-state index in [1.165, 1.54) is 26.1 Å². The summed E-state index contributed by atoms with van der Waals surface area (Å²) in [5.41, 5.74) is 3.15. The van der Waals surface area contributed by atoms with E-state index in [0.29, 0.717) is 5.56 Å². The van der Waals surface area contributed by atoms with Crippen molar-refractivity contribution in [3.8, 4) is 0 Å². The summed E-state index contributed by atoms with van der Waals surface area (Å²) in [6, 6.07) is 7.36. The van der Waals surface area contributed by atoms with Crippen molar-refractivity contribution in [2.75, 3.05) is 7.05 Å². The van der Waals surface area contributed by atoms with Gasteiger partial charge in [-0.3, -0.25) is 4.79 Å². The molecule has 0 radical (unpaired) electrons. The fraction of sp³-hybridized carbons (Fsp3) is 0.300. The number of sulfonamides is 1. The quantitative estimate of drug-likeness (QED) is 0.566. The van der Waals surface area contributed by atoms with Crippen molar-refractivity contribution in [2.45, 2.75) is 38.7 Å². The Labute approximate surface area is 169 Å². The van der Waals surface area contributed by atoms with Crippen LogP contribution >= 0.6 is 11.6 Å². The Morgan fingerprint density at radius 3 is 2.21 bits per heavy atom. The van der Waals surface area contributed by atoms with Crippen molar-refractivity contribution in [1.29, 1.82) is 0 Å². The van der Waals surface area contributed by atoms with Gasteiger partial charge in [0.15, 0.2) is 6.10 Å². The molecule has 2 rings (SSSR count). The lowest BCUT2D eigenvalue weighted by Gasteiger charge is -2.16. The first-order valence-corrected chi connectivity index (χ1v) is 10.4. The van der Waals surface area contributed by atoms with Gasteiger partial charge in [-0.05, 0) is 75.7 Å². The predicted molar refractivity (Wildman–Crippen MR) is 108 cm³/mol. The third-order valence-corrected chi connectivity index (χ3v) is 6.24. The SMILES string of the molecule is CNS(=O)(=O)c1ccc(Cl)c(C(=O)OC(C)C(=O)c2cc(C)c(C)cc2C)c1. The monoisotopic (exact) mass is 423 g/mol. The highest BCUT2D eigenvalue weighted by molar-refractivity contribution is 7.89. The van der Waals surface area contributed by atoms with Crippen molar-refractivity contribution >= 4 is 33.4 Å². The number of aryl methyl sites for hydroxylation is 3. The maximum atomic E-state index is 12.7. The predicted octanol–water partition coefficient (Wildman–Crippen LogP) is 3.60. The number of hydrogen-bond acceptors (Lipinski definition) is 5. The Hall–Kier alpha value is -2.22. The zero-order valence-electron chi connectivity index (χ0n) is 16.3. The minimum atomic E-state index is -3.76. The van der Waals surface area contributed by atoms with Gasteiger partial charge in [0.05, 0.1) is 15.5 Å². The van der Waals surface area contributed by atoms with E-state index in [1.54, 1.807) is 6.07 Å². The normalized spacial score (nSPS) is 12.5. The number of esters is 1. The standard InChI is InChI=1S/C20H22ClNO5S/c1-11-8-13(3)16(9-12(11)2)19(23)14(4)27-20(24)17-10-15(6-7-18(17)21)28(25,26)22-5/h6-10,14,22H,1-5H3. The number of ether oxygens (including phenoxy) is 1. The van der Waals surface area contributed by atoms with Gasteiger partial charge in [-0.25, -0.2) is 17.9 Å². The number of nitrogens with one attached hydrogen (secondary N) is 1. The van der Waals surface area contributed by atoms with E-state index in [0.717, 1.165) is 22.8 Å². The molecular weight excluding hydrogens is 402 g/mol. The highest BCUT2D eigenvalue weighted by Crippen LogP contribution is 2.23. The second-order valence-corrected chi connectivity index (χ2v) is 8.81. The second-order valence-electron chi connectivity index (χ2n) is 6.51. The van der Waals surface area contributed by atoms with Gasteiger partial charge in [-0.2, -0.15) is 0 Å². The number of benzene rings is 2. The van der Waals surface area contributed by atoms with Crippen LogP contribution in [0.1, 0.15) is 44.3 Å². The van der Waals surface area contributed by atoms with Crippen molar-refractivity contribution in [1.82, 2.24) is 4.72 Å². The molecule has 0 amide bonds. The van der Waals surface area contributed by atoms with Crippen LogP contribution in [0.25, 0.3) is 0 Å². The zero-order chi connectivity index (χ0) is 21.2. The van der Waals surface area contributed by atoms with Crippen LogP contribution in [0.2, 0.25) is 5.02 Å². The molecule has 6 nitrogen and oxygen atoms in total. The summed E-state index contributed by atoms with van der Waals surface area (Å²) < 4.78 is 31.3. The second kappa shape index (κ2) is 8.43. The Bertz CT molecular complexity index is 1050. The van der Waals surface area contributed by atoms with E-state index in [9.17, 15) is 18.0 Å². The van der Waals surface area contributed by atoms with Crippen molar-refractivity contribution < 1.29 is 22.7 Å². The summed E-state index contributed by atoms with van der Waals surface area (Å²) in [5, 5.41) is 0.0297. The Morgan fingerprint density at radius 2 is 1.61 bits per heavy atom. The minimum absolute atomic E-state index is 0.0297. The Kier molecular flexibility index (Phi) is 6.64. The first-order chi connectivity index (χ1) is 13.0. The van der Waals surface area contributed by atoms with E-state index in [1.807, 2.05) is 26.8 Å². The molecule has 2 aromatic carbocycles. The maximum Gasteiger partial charge on any atom is 0.340 e. The van der Waals surface area contributed by atoms with Gasteiger partial charge in [0, 0.05) is 5.56 Å². The number of rotatable bonds is 6. The molecule has 0 aliphatic heterocycles. The molecule has 8 heteroatoms. The molecule has 0 spiro atoms. The molecule has 0 bridgehead atoms. The van der Waals surface area contributed by atoms with E-state index in [2.05, 4.69) is 4.72 Å². The van der Waals surface area contributed by atoms with Crippen molar-refractivity contribution in [2.24, 2.45) is 0 Å². The number of carbonyl (C=O) groups is 2. The van der Waals surface area contributed by atoms with Crippen LogP contribution in [0.15, 0.2) is 35.2 Å². The molecule has 0 aliphatic rings. The van der Waals surface area contributed by atoms with Gasteiger partial charge in [-0.1, -0.05) is 17.7 Å². The third kappa shape index (κ3) is 4.60. The fourth-order valence-electron chi connectivity index (χ4n) is 2.67. The smallest absolute Gasteiger partial charge is 0.340 e. The lowest BCUT2D eigenvalue weighted by molar-refractivity contribution is 0.0318. The van der Waals surface area contributed by atoms with Crippen LogP contribution in [0.4, 0.5) is 0 Å². The Balaban J connectivity index is 2.29. The molecule has 1 N–H and O–H groups in total. The van der Waals surface area contributed by atoms with E-state index in [-0.39, 0.29) is 21.3 Å². The van der Waals surface area contributed by atoms with Gasteiger partial charge in [0.2, 0.25) is 15.8 Å². The zero-order valence-corrected chi connectivity index (χ0v) is 17.9. The van der Waals surface area contributed by atoms with Gasteiger partial charge in [0.1, 0.15) is 0 Å². The highest BCUT2D eigenvalue weighted by Gasteiger charge is 2.24. The summed E-state index contributed by atoms with van der Waals surface area (Å²) in [4.78, 5) is 25.1. The molecule has 0 saturated heterocycles. The van der Waals surface area contributed by atoms with Gasteiger partial charge >= 0.3 is 5.97 Å². The van der Waals surface area contributed by atoms with Crippen LogP contribution in [0.5, 0.6) is 0 Å². The summed E-state index contributed by atoms with van der Waals surface area (Å²) in [6.07, 6.45) is -1.06. The Morgan fingerprint density at radius 1 is 1.00 bits per heavy atom. The number of hydrogen-bond donors (Lipinski definition) is 1. The van der Waals surface area contributed by atoms with Gasteiger partial charge in [0.25, 0.3) is 0 Å². The number of Topliss-reactive ketones (excluding diaryl/α,β-unsaturated/α-hetero) is 1. The average Bonchev–Trinajstić information content (AvgIpc) is 2.64.